The van der Waals surface area contributed by atoms with E-state index in [-0.39, 0.29) is 0 Å². The van der Waals surface area contributed by atoms with Crippen molar-refractivity contribution in [1.29, 1.82) is 0 Å². The molecule has 66 valence electrons. The SMILES string of the molecule is C[C@H](O)[C@@H]1OC(O)[C@H](O)[C@H]1O. The third kappa shape index (κ3) is 1.52. The van der Waals surface area contributed by atoms with Crippen LogP contribution in [0.25, 0.3) is 0 Å². The van der Waals surface area contributed by atoms with Gasteiger partial charge in [0.15, 0.2) is 6.29 Å². The highest BCUT2D eigenvalue weighted by Gasteiger charge is 2.43. The molecule has 0 spiro atoms. The lowest BCUT2D eigenvalue weighted by atomic mass is 10.1. The van der Waals surface area contributed by atoms with Crippen LogP contribution in [0.4, 0.5) is 0 Å². The van der Waals surface area contributed by atoms with E-state index in [1.165, 1.54) is 6.92 Å². The third-order valence-corrected chi connectivity index (χ3v) is 1.75. The van der Waals surface area contributed by atoms with Crippen molar-refractivity contribution in [3.05, 3.63) is 0 Å². The standard InChI is InChI=1S/C6H12O5/c1-2(7)5-3(8)4(9)6(10)11-5/h2-10H,1H3/t2-,3+,4+,5-,6?/m0/s1. The second-order valence-corrected chi connectivity index (χ2v) is 2.71. The van der Waals surface area contributed by atoms with E-state index in [1.54, 1.807) is 0 Å². The van der Waals surface area contributed by atoms with Gasteiger partial charge in [0.2, 0.25) is 0 Å². The molecule has 0 saturated carbocycles. The molecule has 11 heavy (non-hydrogen) atoms. The van der Waals surface area contributed by atoms with Gasteiger partial charge in [0.05, 0.1) is 6.10 Å². The first-order valence-corrected chi connectivity index (χ1v) is 3.41. The van der Waals surface area contributed by atoms with Crippen LogP contribution in [0.15, 0.2) is 0 Å². The molecule has 0 aromatic heterocycles. The van der Waals surface area contributed by atoms with E-state index in [1.807, 2.05) is 0 Å². The smallest absolute Gasteiger partial charge is 0.184 e. The van der Waals surface area contributed by atoms with Crippen molar-refractivity contribution >= 4 is 0 Å². The molecular weight excluding hydrogens is 152 g/mol. The lowest BCUT2D eigenvalue weighted by Gasteiger charge is -2.16. The summed E-state index contributed by atoms with van der Waals surface area (Å²) in [5.74, 6) is 0. The highest BCUT2D eigenvalue weighted by atomic mass is 16.6. The highest BCUT2D eigenvalue weighted by molar-refractivity contribution is 4.88. The number of hydrogen-bond donors (Lipinski definition) is 4. The van der Waals surface area contributed by atoms with E-state index in [0.717, 1.165) is 0 Å². The summed E-state index contributed by atoms with van der Waals surface area (Å²) < 4.78 is 4.65. The van der Waals surface area contributed by atoms with Gasteiger partial charge >= 0.3 is 0 Å². The highest BCUT2D eigenvalue weighted by Crippen LogP contribution is 2.21. The minimum Gasteiger partial charge on any atom is -0.391 e. The Balaban J connectivity index is 2.59. The van der Waals surface area contributed by atoms with E-state index >= 15 is 0 Å². The molecule has 4 N–H and O–H groups in total. The Labute approximate surface area is 63.8 Å². The van der Waals surface area contributed by atoms with Gasteiger partial charge in [-0.15, -0.1) is 0 Å². The normalized spacial score (nSPS) is 47.7. The summed E-state index contributed by atoms with van der Waals surface area (Å²) in [6.07, 6.45) is -5.75. The Morgan fingerprint density at radius 1 is 1.18 bits per heavy atom. The van der Waals surface area contributed by atoms with Gasteiger partial charge in [-0.1, -0.05) is 0 Å². The number of hydrogen-bond acceptors (Lipinski definition) is 5. The van der Waals surface area contributed by atoms with Crippen molar-refractivity contribution < 1.29 is 25.2 Å². The van der Waals surface area contributed by atoms with Crippen molar-refractivity contribution in [1.82, 2.24) is 0 Å². The van der Waals surface area contributed by atoms with Crippen LogP contribution < -0.4 is 0 Å². The molecule has 0 amide bonds. The first-order valence-electron chi connectivity index (χ1n) is 3.41. The average molecular weight is 164 g/mol. The summed E-state index contributed by atoms with van der Waals surface area (Å²) in [7, 11) is 0. The second kappa shape index (κ2) is 3.04. The van der Waals surface area contributed by atoms with E-state index in [2.05, 4.69) is 4.74 Å². The Kier molecular flexibility index (Phi) is 2.46. The fraction of sp³-hybridized carbons (Fsp3) is 1.00. The van der Waals surface area contributed by atoms with E-state index < -0.39 is 30.7 Å². The molecule has 5 nitrogen and oxygen atoms in total. The minimum absolute atomic E-state index is 0.903. The molecule has 1 fully saturated rings. The molecule has 0 aromatic rings. The second-order valence-electron chi connectivity index (χ2n) is 2.71. The van der Waals surface area contributed by atoms with E-state index in [9.17, 15) is 0 Å². The predicted octanol–water partition coefficient (Wildman–Crippen LogP) is -2.19. The maximum atomic E-state index is 9.10. The molecule has 1 heterocycles. The molecule has 1 unspecified atom stereocenters. The minimum atomic E-state index is -1.40. The van der Waals surface area contributed by atoms with Gasteiger partial charge in [-0.25, -0.2) is 0 Å². The van der Waals surface area contributed by atoms with Crippen LogP contribution in [-0.2, 0) is 4.74 Å². The zero-order chi connectivity index (χ0) is 8.59. The zero-order valence-corrected chi connectivity index (χ0v) is 6.08. The molecular formula is C6H12O5. The van der Waals surface area contributed by atoms with Crippen LogP contribution >= 0.6 is 0 Å². The van der Waals surface area contributed by atoms with Gasteiger partial charge in [0.25, 0.3) is 0 Å². The largest absolute Gasteiger partial charge is 0.391 e. The first-order chi connectivity index (χ1) is 5.04. The zero-order valence-electron chi connectivity index (χ0n) is 6.08. The molecule has 0 bridgehead atoms. The molecule has 1 aliphatic heterocycles. The Bertz CT molecular complexity index is 137. The summed E-state index contributed by atoms with van der Waals surface area (Å²) in [6.45, 7) is 1.42. The van der Waals surface area contributed by atoms with Gasteiger partial charge in [-0.2, -0.15) is 0 Å². The fourth-order valence-electron chi connectivity index (χ4n) is 1.08. The molecule has 0 aliphatic carbocycles. The fourth-order valence-corrected chi connectivity index (χ4v) is 1.08. The monoisotopic (exact) mass is 164 g/mol. The lowest BCUT2D eigenvalue weighted by Crippen LogP contribution is -2.37. The Morgan fingerprint density at radius 2 is 1.73 bits per heavy atom. The average Bonchev–Trinajstić information content (AvgIpc) is 2.17. The van der Waals surface area contributed by atoms with Gasteiger partial charge < -0.3 is 25.2 Å². The molecule has 1 saturated heterocycles. The predicted molar refractivity (Wildman–Crippen MR) is 34.6 cm³/mol. The van der Waals surface area contributed by atoms with Crippen molar-refractivity contribution in [3.8, 4) is 0 Å². The number of rotatable bonds is 1. The Hall–Kier alpha value is -0.200. The van der Waals surface area contributed by atoms with E-state index in [4.69, 9.17) is 20.4 Å². The summed E-state index contributed by atoms with van der Waals surface area (Å²) in [5.41, 5.74) is 0. The molecule has 1 rings (SSSR count). The number of ether oxygens (including phenoxy) is 1. The van der Waals surface area contributed by atoms with Crippen molar-refractivity contribution in [2.75, 3.05) is 0 Å². The maximum Gasteiger partial charge on any atom is 0.184 e. The van der Waals surface area contributed by atoms with Crippen molar-refractivity contribution in [2.45, 2.75) is 37.6 Å². The number of aliphatic hydroxyl groups is 4. The summed E-state index contributed by atoms with van der Waals surface area (Å²) in [5, 5.41) is 35.8. The maximum absolute atomic E-state index is 9.10. The topological polar surface area (TPSA) is 90.2 Å². The molecule has 1 aliphatic rings. The number of aliphatic hydroxyl groups excluding tert-OH is 4. The molecule has 0 aromatic carbocycles. The summed E-state index contributed by atoms with van der Waals surface area (Å²) in [4.78, 5) is 0. The van der Waals surface area contributed by atoms with Gasteiger partial charge in [0, 0.05) is 0 Å². The van der Waals surface area contributed by atoms with Crippen molar-refractivity contribution in [2.24, 2.45) is 0 Å². The van der Waals surface area contributed by atoms with Crippen molar-refractivity contribution in [3.63, 3.8) is 0 Å². The molecule has 5 heteroatoms. The quantitative estimate of drug-likeness (QED) is 0.353. The third-order valence-electron chi connectivity index (χ3n) is 1.75. The van der Waals surface area contributed by atoms with Crippen LogP contribution in [0, 0.1) is 0 Å². The molecule has 0 radical (unpaired) electrons. The van der Waals surface area contributed by atoms with Crippen LogP contribution in [-0.4, -0.2) is 51.1 Å². The summed E-state index contributed by atoms with van der Waals surface area (Å²) in [6, 6.07) is 0. The van der Waals surface area contributed by atoms with Gasteiger partial charge in [-0.3, -0.25) is 0 Å². The lowest BCUT2D eigenvalue weighted by molar-refractivity contribution is -0.143. The van der Waals surface area contributed by atoms with Gasteiger partial charge in [-0.05, 0) is 6.92 Å². The first kappa shape index (κ1) is 8.89. The van der Waals surface area contributed by atoms with Crippen LogP contribution in [0.2, 0.25) is 0 Å². The van der Waals surface area contributed by atoms with Crippen LogP contribution in [0.1, 0.15) is 6.92 Å². The summed E-state index contributed by atoms with van der Waals surface area (Å²) >= 11 is 0. The molecule has 5 atom stereocenters. The van der Waals surface area contributed by atoms with Gasteiger partial charge in [0.1, 0.15) is 18.3 Å². The van der Waals surface area contributed by atoms with Crippen LogP contribution in [0.3, 0.4) is 0 Å². The van der Waals surface area contributed by atoms with E-state index in [0.29, 0.717) is 0 Å². The van der Waals surface area contributed by atoms with Crippen LogP contribution in [0.5, 0.6) is 0 Å². The Morgan fingerprint density at radius 3 is 1.91 bits per heavy atom.